The number of rotatable bonds is 9. The van der Waals surface area contributed by atoms with Crippen LogP contribution in [0.4, 0.5) is 5.69 Å². The summed E-state index contributed by atoms with van der Waals surface area (Å²) in [6.45, 7) is 2.76. The zero-order valence-corrected chi connectivity index (χ0v) is 20.7. The molecule has 3 rings (SSSR count). The molecule has 0 spiro atoms. The minimum atomic E-state index is -0.909. The lowest BCUT2D eigenvalue weighted by atomic mass is 9.89. The van der Waals surface area contributed by atoms with Crippen molar-refractivity contribution in [2.45, 2.75) is 32.2 Å². The Bertz CT molecular complexity index is 1180. The molecular weight excluding hydrogens is 482 g/mol. The number of nitrogens with two attached hydrogens (primary N) is 1. The number of hydrogen-bond acceptors (Lipinski definition) is 8. The van der Waals surface area contributed by atoms with Crippen molar-refractivity contribution in [2.24, 2.45) is 11.7 Å². The molecule has 0 saturated carbocycles. The van der Waals surface area contributed by atoms with Gasteiger partial charge in [0.05, 0.1) is 18.6 Å². The molecule has 2 aromatic carbocycles. The summed E-state index contributed by atoms with van der Waals surface area (Å²) in [7, 11) is 1.25. The number of hydrogen-bond donors (Lipinski definition) is 4. The number of carbonyl (C=O) groups is 2. The maximum atomic E-state index is 13.1. The van der Waals surface area contributed by atoms with E-state index in [1.807, 2.05) is 0 Å². The average Bonchev–Trinajstić information content (AvgIpc) is 2.89. The van der Waals surface area contributed by atoms with Gasteiger partial charge in [-0.2, -0.15) is 0 Å². The van der Waals surface area contributed by atoms with E-state index in [-0.39, 0.29) is 41.2 Å². The average molecular weight is 514 g/mol. The van der Waals surface area contributed by atoms with Crippen molar-refractivity contribution in [3.05, 3.63) is 63.2 Å². The normalized spacial score (nSPS) is 14.5. The highest BCUT2D eigenvalue weighted by Crippen LogP contribution is 2.30. The monoisotopic (exact) mass is 513 g/mol. The Morgan fingerprint density at radius 1 is 1.30 bits per heavy atom. The van der Waals surface area contributed by atoms with Crippen LogP contribution >= 0.6 is 0 Å². The number of nitro benzene ring substituents is 1. The first-order valence-corrected chi connectivity index (χ1v) is 11.8. The van der Waals surface area contributed by atoms with Gasteiger partial charge < -0.3 is 30.5 Å². The number of phenols is 1. The van der Waals surface area contributed by atoms with Crippen LogP contribution in [0.5, 0.6) is 11.5 Å². The Hall–Kier alpha value is -4.35. The van der Waals surface area contributed by atoms with Crippen LogP contribution < -0.4 is 15.8 Å². The lowest BCUT2D eigenvalue weighted by Gasteiger charge is -2.35. The summed E-state index contributed by atoms with van der Waals surface area (Å²) in [4.78, 5) is 37.8. The summed E-state index contributed by atoms with van der Waals surface area (Å²) in [6.07, 6.45) is 1.44. The molecule has 1 amide bonds. The van der Waals surface area contributed by atoms with Crippen LogP contribution in [0.25, 0.3) is 0 Å². The Kier molecular flexibility index (Phi) is 8.88. The van der Waals surface area contributed by atoms with Crippen molar-refractivity contribution < 1.29 is 29.1 Å². The fourth-order valence-corrected chi connectivity index (χ4v) is 4.25. The van der Waals surface area contributed by atoms with Crippen molar-refractivity contribution in [2.75, 3.05) is 26.8 Å². The van der Waals surface area contributed by atoms with E-state index in [2.05, 4.69) is 5.32 Å². The van der Waals surface area contributed by atoms with Gasteiger partial charge in [-0.3, -0.25) is 20.3 Å². The third-order valence-corrected chi connectivity index (χ3v) is 6.46. The number of phenolic OH excluding ortho intramolecular Hbond substituents is 1. The zero-order chi connectivity index (χ0) is 27.1. The molecule has 12 nitrogen and oxygen atoms in total. The number of ether oxygens (including phenoxy) is 2. The van der Waals surface area contributed by atoms with Crippen LogP contribution in [0.1, 0.15) is 34.3 Å². The molecule has 0 bridgehead atoms. The summed E-state index contributed by atoms with van der Waals surface area (Å²) >= 11 is 0. The van der Waals surface area contributed by atoms with Gasteiger partial charge in [0.25, 0.3) is 11.6 Å². The second-order valence-electron chi connectivity index (χ2n) is 8.83. The van der Waals surface area contributed by atoms with Crippen LogP contribution in [0.15, 0.2) is 36.4 Å². The summed E-state index contributed by atoms with van der Waals surface area (Å²) in [6, 6.07) is 8.08. The van der Waals surface area contributed by atoms with E-state index < -0.39 is 22.8 Å². The zero-order valence-electron chi connectivity index (χ0n) is 20.7. The maximum Gasteiger partial charge on any atom is 0.328 e. The van der Waals surface area contributed by atoms with Gasteiger partial charge in [-0.1, -0.05) is 12.1 Å². The molecule has 198 valence electrons. The number of aromatic hydroxyl groups is 1. The minimum absolute atomic E-state index is 0.0166. The molecule has 1 saturated heterocycles. The molecular formula is C25H31N5O7. The summed E-state index contributed by atoms with van der Waals surface area (Å²) < 4.78 is 10.7. The fourth-order valence-electron chi connectivity index (χ4n) is 4.25. The van der Waals surface area contributed by atoms with Crippen LogP contribution in [0, 0.1) is 28.4 Å². The molecule has 1 aliphatic heterocycles. The Labute approximate surface area is 214 Å². The van der Waals surface area contributed by atoms with Gasteiger partial charge >= 0.3 is 5.97 Å². The van der Waals surface area contributed by atoms with E-state index in [9.17, 15) is 24.8 Å². The van der Waals surface area contributed by atoms with Crippen molar-refractivity contribution in [3.8, 4) is 11.5 Å². The minimum Gasteiger partial charge on any atom is -0.508 e. The third kappa shape index (κ3) is 6.87. The number of piperidine rings is 1. The van der Waals surface area contributed by atoms with Gasteiger partial charge in [0, 0.05) is 42.8 Å². The smallest absolute Gasteiger partial charge is 0.328 e. The van der Waals surface area contributed by atoms with E-state index in [0.29, 0.717) is 43.5 Å². The standard InChI is InChI=1S/C25H31N5O7/c1-15-20(31)13-18(14-21(15)37-11-8-16-4-3-5-19(12-16)30(34)35)23(32)28-22(24(33)36-2)17-6-9-29(10-7-17)25(26)27/h3-5,12-14,17,22,31H,6-11H2,1-2H3,(H3,26,27)(H,28,32)/t22-/m0/s1. The molecule has 12 heteroatoms. The van der Waals surface area contributed by atoms with E-state index in [1.54, 1.807) is 24.0 Å². The van der Waals surface area contributed by atoms with Gasteiger partial charge in [-0.25, -0.2) is 4.79 Å². The number of amides is 1. The van der Waals surface area contributed by atoms with E-state index >= 15 is 0 Å². The largest absolute Gasteiger partial charge is 0.508 e. The number of likely N-dealkylation sites (tertiary alicyclic amines) is 1. The first-order valence-electron chi connectivity index (χ1n) is 11.8. The predicted octanol–water partition coefficient (Wildman–Crippen LogP) is 2.11. The van der Waals surface area contributed by atoms with Gasteiger partial charge in [0.2, 0.25) is 0 Å². The van der Waals surface area contributed by atoms with Gasteiger partial charge in [0.1, 0.15) is 17.5 Å². The molecule has 1 heterocycles. The van der Waals surface area contributed by atoms with Crippen LogP contribution in [0.2, 0.25) is 0 Å². The highest BCUT2D eigenvalue weighted by Gasteiger charge is 2.34. The van der Waals surface area contributed by atoms with E-state index in [4.69, 9.17) is 20.6 Å². The van der Waals surface area contributed by atoms with Gasteiger partial charge in [-0.15, -0.1) is 0 Å². The SMILES string of the molecule is COC(=O)[C@@H](NC(=O)c1cc(O)c(C)c(OCCc2cccc([N+](=O)[O-])c2)c1)C1CCN(C(=N)N)CC1. The molecule has 1 atom stereocenters. The first-order chi connectivity index (χ1) is 17.6. The number of non-ortho nitro benzene ring substituents is 1. The number of esters is 1. The second-order valence-corrected chi connectivity index (χ2v) is 8.83. The number of guanidine groups is 1. The fraction of sp³-hybridized carbons (Fsp3) is 0.400. The van der Waals surface area contributed by atoms with Crippen LogP contribution in [-0.2, 0) is 16.0 Å². The topological polar surface area (TPSA) is 181 Å². The molecule has 1 fully saturated rings. The Morgan fingerprint density at radius 2 is 2.00 bits per heavy atom. The highest BCUT2D eigenvalue weighted by atomic mass is 16.6. The predicted molar refractivity (Wildman–Crippen MR) is 135 cm³/mol. The van der Waals surface area contributed by atoms with Crippen molar-refractivity contribution >= 4 is 23.5 Å². The molecule has 1 aliphatic rings. The molecule has 0 radical (unpaired) electrons. The molecule has 0 aliphatic carbocycles. The number of nitrogens with zero attached hydrogens (tertiary/aromatic N) is 2. The van der Waals surface area contributed by atoms with Crippen molar-refractivity contribution in [1.29, 1.82) is 5.41 Å². The van der Waals surface area contributed by atoms with Crippen LogP contribution in [0.3, 0.4) is 0 Å². The van der Waals surface area contributed by atoms with Gasteiger partial charge in [0.15, 0.2) is 5.96 Å². The van der Waals surface area contributed by atoms with Gasteiger partial charge in [-0.05, 0) is 43.4 Å². The highest BCUT2D eigenvalue weighted by molar-refractivity contribution is 5.97. The van der Waals surface area contributed by atoms with E-state index in [1.165, 1.54) is 31.4 Å². The number of nitro groups is 1. The lowest BCUT2D eigenvalue weighted by molar-refractivity contribution is -0.384. The summed E-state index contributed by atoms with van der Waals surface area (Å²) in [5.41, 5.74) is 6.76. The molecule has 0 aromatic heterocycles. The third-order valence-electron chi connectivity index (χ3n) is 6.46. The molecule has 37 heavy (non-hydrogen) atoms. The number of benzene rings is 2. The Morgan fingerprint density at radius 3 is 2.62 bits per heavy atom. The summed E-state index contributed by atoms with van der Waals surface area (Å²) in [5.74, 6) is -1.29. The summed E-state index contributed by atoms with van der Waals surface area (Å²) in [5, 5.41) is 31.7. The molecule has 0 unspecified atom stereocenters. The Balaban J connectivity index is 1.70. The quantitative estimate of drug-likeness (QED) is 0.128. The second kappa shape index (κ2) is 12.1. The van der Waals surface area contributed by atoms with Crippen molar-refractivity contribution in [3.63, 3.8) is 0 Å². The number of methoxy groups -OCH3 is 1. The lowest BCUT2D eigenvalue weighted by Crippen LogP contribution is -2.51. The number of nitrogens with one attached hydrogen (secondary N) is 2. The number of carbonyl (C=O) groups excluding carboxylic acids is 2. The van der Waals surface area contributed by atoms with Crippen LogP contribution in [-0.4, -0.2) is 65.6 Å². The molecule has 2 aromatic rings. The maximum absolute atomic E-state index is 13.1. The van der Waals surface area contributed by atoms with Crippen molar-refractivity contribution in [1.82, 2.24) is 10.2 Å². The first kappa shape index (κ1) is 27.2. The molecule has 5 N–H and O–H groups in total. The van der Waals surface area contributed by atoms with E-state index in [0.717, 1.165) is 0 Å².